The van der Waals surface area contributed by atoms with Gasteiger partial charge in [-0.15, -0.1) is 0 Å². The third kappa shape index (κ3) is 1.85. The second-order valence-corrected chi connectivity index (χ2v) is 7.39. The van der Waals surface area contributed by atoms with Crippen molar-refractivity contribution < 1.29 is 0 Å². The Balaban J connectivity index is 1.95. The van der Waals surface area contributed by atoms with Crippen molar-refractivity contribution in [1.82, 2.24) is 9.38 Å². The predicted octanol–water partition coefficient (Wildman–Crippen LogP) is 6.41. The number of halogens is 1. The Bertz CT molecular complexity index is 1390. The van der Waals surface area contributed by atoms with Crippen LogP contribution >= 0.6 is 11.6 Å². The first-order chi connectivity index (χ1) is 12.8. The standard InChI is InChI=1S/C23H15ClN2/c24-16-9-10-17-18-11-14-5-1-2-6-15(14)12-19(18)23-25-20-7-3-4-8-21(20)26(23)22(17)13-16/h1-3,5-7,9-13H,4,8H2. The lowest BCUT2D eigenvalue weighted by molar-refractivity contribution is 0.921. The molecule has 0 amide bonds. The monoisotopic (exact) mass is 354 g/mol. The molecular weight excluding hydrogens is 340 g/mol. The number of hydrogen-bond acceptors (Lipinski definition) is 1. The summed E-state index contributed by atoms with van der Waals surface area (Å²) in [7, 11) is 0. The molecule has 0 saturated heterocycles. The van der Waals surface area contributed by atoms with Crippen molar-refractivity contribution in [2.75, 3.05) is 0 Å². The fourth-order valence-electron chi connectivity index (χ4n) is 4.27. The van der Waals surface area contributed by atoms with Crippen molar-refractivity contribution >= 4 is 55.8 Å². The van der Waals surface area contributed by atoms with Gasteiger partial charge in [-0.2, -0.15) is 0 Å². The van der Waals surface area contributed by atoms with E-state index >= 15 is 0 Å². The molecule has 0 aliphatic heterocycles. The number of pyridine rings is 1. The van der Waals surface area contributed by atoms with Crippen molar-refractivity contribution in [3.05, 3.63) is 77.1 Å². The summed E-state index contributed by atoms with van der Waals surface area (Å²) in [6, 6.07) is 19.3. The molecule has 0 atom stereocenters. The molecule has 3 heteroatoms. The zero-order valence-corrected chi connectivity index (χ0v) is 14.8. The number of aryl methyl sites for hydroxylation is 1. The van der Waals surface area contributed by atoms with Crippen LogP contribution in [0.4, 0.5) is 0 Å². The van der Waals surface area contributed by atoms with Crippen LogP contribution < -0.4 is 0 Å². The number of benzene rings is 3. The number of hydrogen-bond donors (Lipinski definition) is 0. The second-order valence-electron chi connectivity index (χ2n) is 6.95. The summed E-state index contributed by atoms with van der Waals surface area (Å²) in [6.07, 6.45) is 6.42. The van der Waals surface area contributed by atoms with Gasteiger partial charge in [0.2, 0.25) is 0 Å². The van der Waals surface area contributed by atoms with Gasteiger partial charge in [0.1, 0.15) is 5.65 Å². The maximum atomic E-state index is 6.37. The minimum atomic E-state index is 0.757. The Kier molecular flexibility index (Phi) is 2.81. The molecule has 0 saturated carbocycles. The van der Waals surface area contributed by atoms with Crippen LogP contribution in [0, 0.1) is 0 Å². The number of fused-ring (bicyclic) bond motifs is 9. The van der Waals surface area contributed by atoms with Gasteiger partial charge in [0, 0.05) is 15.8 Å². The third-order valence-electron chi connectivity index (χ3n) is 5.44. The molecule has 0 bridgehead atoms. The van der Waals surface area contributed by atoms with Gasteiger partial charge in [0.05, 0.1) is 16.9 Å². The van der Waals surface area contributed by atoms with Gasteiger partial charge in [-0.3, -0.25) is 4.40 Å². The lowest BCUT2D eigenvalue weighted by Gasteiger charge is -2.13. The molecule has 2 heterocycles. The van der Waals surface area contributed by atoms with E-state index in [1.54, 1.807) is 0 Å². The summed E-state index contributed by atoms with van der Waals surface area (Å²) in [6.45, 7) is 0. The molecule has 0 radical (unpaired) electrons. The van der Waals surface area contributed by atoms with E-state index in [9.17, 15) is 0 Å². The Morgan fingerprint density at radius 3 is 2.54 bits per heavy atom. The van der Waals surface area contributed by atoms with Crippen molar-refractivity contribution in [2.24, 2.45) is 0 Å². The zero-order valence-electron chi connectivity index (χ0n) is 14.0. The van der Waals surface area contributed by atoms with E-state index in [2.05, 4.69) is 65.1 Å². The first-order valence-corrected chi connectivity index (χ1v) is 9.29. The number of rotatable bonds is 0. The Labute approximate surface area is 155 Å². The highest BCUT2D eigenvalue weighted by Crippen LogP contribution is 2.36. The van der Waals surface area contributed by atoms with Gasteiger partial charge < -0.3 is 0 Å². The molecule has 0 unspecified atom stereocenters. The van der Waals surface area contributed by atoms with E-state index in [1.807, 2.05) is 6.07 Å². The van der Waals surface area contributed by atoms with Gasteiger partial charge in [-0.1, -0.05) is 48.0 Å². The molecule has 1 aliphatic carbocycles. The maximum Gasteiger partial charge on any atom is 0.146 e. The Hall–Kier alpha value is -2.84. The van der Waals surface area contributed by atoms with Crippen LogP contribution in [0.1, 0.15) is 17.8 Å². The lowest BCUT2D eigenvalue weighted by atomic mass is 10.0. The zero-order chi connectivity index (χ0) is 17.3. The Morgan fingerprint density at radius 2 is 1.69 bits per heavy atom. The van der Waals surface area contributed by atoms with Crippen LogP contribution in [0.5, 0.6) is 0 Å². The predicted molar refractivity (Wildman–Crippen MR) is 110 cm³/mol. The molecular formula is C23H15ClN2. The maximum absolute atomic E-state index is 6.37. The topological polar surface area (TPSA) is 17.3 Å². The Morgan fingerprint density at radius 1 is 0.885 bits per heavy atom. The molecule has 0 spiro atoms. The summed E-state index contributed by atoms with van der Waals surface area (Å²) in [5.41, 5.74) is 4.53. The number of allylic oxidation sites excluding steroid dienone is 1. The fourth-order valence-corrected chi connectivity index (χ4v) is 4.43. The van der Waals surface area contributed by atoms with Gasteiger partial charge in [-0.05, 0) is 59.3 Å². The van der Waals surface area contributed by atoms with E-state index in [4.69, 9.17) is 16.6 Å². The smallest absolute Gasteiger partial charge is 0.146 e. The molecule has 1 aliphatic rings. The SMILES string of the molecule is Clc1ccc2c3cc4ccccc4cc3c3nc4c(n3c2c1)CCC=C4. The van der Waals surface area contributed by atoms with Gasteiger partial charge in [-0.25, -0.2) is 4.98 Å². The molecule has 26 heavy (non-hydrogen) atoms. The van der Waals surface area contributed by atoms with Gasteiger partial charge >= 0.3 is 0 Å². The summed E-state index contributed by atoms with van der Waals surface area (Å²) in [5.74, 6) is 0. The quantitative estimate of drug-likeness (QED) is 0.232. The molecule has 0 N–H and O–H groups in total. The van der Waals surface area contributed by atoms with Gasteiger partial charge in [0.15, 0.2) is 0 Å². The molecule has 5 aromatic rings. The normalized spacial score (nSPS) is 13.9. The number of aromatic nitrogens is 2. The van der Waals surface area contributed by atoms with Crippen LogP contribution in [0.2, 0.25) is 5.02 Å². The van der Waals surface area contributed by atoms with Crippen LogP contribution in [0.25, 0.3) is 44.2 Å². The molecule has 124 valence electrons. The molecule has 3 aromatic carbocycles. The third-order valence-corrected chi connectivity index (χ3v) is 5.68. The van der Waals surface area contributed by atoms with E-state index in [1.165, 1.54) is 32.6 Å². The molecule has 2 nitrogen and oxygen atoms in total. The van der Waals surface area contributed by atoms with Gasteiger partial charge in [0.25, 0.3) is 0 Å². The number of imidazole rings is 1. The van der Waals surface area contributed by atoms with E-state index in [0.717, 1.165) is 34.7 Å². The average Bonchev–Trinajstić information content (AvgIpc) is 3.07. The minimum absolute atomic E-state index is 0.757. The fraction of sp³-hybridized carbons (Fsp3) is 0.0870. The first-order valence-electron chi connectivity index (χ1n) is 8.91. The van der Waals surface area contributed by atoms with E-state index in [-0.39, 0.29) is 0 Å². The molecule has 2 aromatic heterocycles. The molecule has 0 fully saturated rings. The van der Waals surface area contributed by atoms with Crippen LogP contribution in [0.15, 0.2) is 60.7 Å². The van der Waals surface area contributed by atoms with Crippen molar-refractivity contribution in [1.29, 1.82) is 0 Å². The summed E-state index contributed by atoms with van der Waals surface area (Å²) >= 11 is 6.37. The van der Waals surface area contributed by atoms with E-state index < -0.39 is 0 Å². The molecule has 6 rings (SSSR count). The van der Waals surface area contributed by atoms with Crippen molar-refractivity contribution in [2.45, 2.75) is 12.8 Å². The van der Waals surface area contributed by atoms with Crippen LogP contribution in [-0.2, 0) is 6.42 Å². The summed E-state index contributed by atoms with van der Waals surface area (Å²) in [4.78, 5) is 5.00. The minimum Gasteiger partial charge on any atom is -0.295 e. The van der Waals surface area contributed by atoms with Crippen LogP contribution in [0.3, 0.4) is 0 Å². The first kappa shape index (κ1) is 14.3. The highest BCUT2D eigenvalue weighted by molar-refractivity contribution is 6.31. The highest BCUT2D eigenvalue weighted by Gasteiger charge is 2.18. The van der Waals surface area contributed by atoms with Crippen molar-refractivity contribution in [3.8, 4) is 0 Å². The lowest BCUT2D eigenvalue weighted by Crippen LogP contribution is -1.99. The number of nitrogens with zero attached hydrogens (tertiary/aromatic N) is 2. The largest absolute Gasteiger partial charge is 0.295 e. The second kappa shape index (κ2) is 5.09. The van der Waals surface area contributed by atoms with Crippen LogP contribution in [-0.4, -0.2) is 9.38 Å². The van der Waals surface area contributed by atoms with E-state index in [0.29, 0.717) is 0 Å². The highest BCUT2D eigenvalue weighted by atomic mass is 35.5. The summed E-state index contributed by atoms with van der Waals surface area (Å²) < 4.78 is 2.32. The average molecular weight is 355 g/mol. The summed E-state index contributed by atoms with van der Waals surface area (Å²) in [5, 5.41) is 6.89. The van der Waals surface area contributed by atoms with Crippen molar-refractivity contribution in [3.63, 3.8) is 0 Å².